The average Bonchev–Trinajstić information content (AvgIpc) is 3.26. The van der Waals surface area contributed by atoms with Gasteiger partial charge in [0.1, 0.15) is 17.6 Å². The van der Waals surface area contributed by atoms with Crippen molar-refractivity contribution in [3.63, 3.8) is 0 Å². The van der Waals surface area contributed by atoms with Gasteiger partial charge in [0.25, 0.3) is 5.91 Å². The van der Waals surface area contributed by atoms with Gasteiger partial charge >= 0.3 is 0 Å². The van der Waals surface area contributed by atoms with Gasteiger partial charge in [0, 0.05) is 6.54 Å². The largest absolute Gasteiger partial charge is 0.327 e. The molecule has 1 aromatic heterocycles. The van der Waals surface area contributed by atoms with Crippen molar-refractivity contribution in [3.8, 4) is 0 Å². The van der Waals surface area contributed by atoms with Crippen molar-refractivity contribution in [2.24, 2.45) is 0 Å². The van der Waals surface area contributed by atoms with E-state index < -0.39 is 6.04 Å². The Hall–Kier alpha value is -2.81. The minimum absolute atomic E-state index is 0.154. The zero-order valence-corrected chi connectivity index (χ0v) is 15.0. The lowest BCUT2D eigenvalue weighted by Gasteiger charge is -2.25. The zero-order valence-electron chi connectivity index (χ0n) is 14.1. The summed E-state index contributed by atoms with van der Waals surface area (Å²) in [6, 6.07) is 6.42. The van der Waals surface area contributed by atoms with Crippen LogP contribution in [-0.4, -0.2) is 52.0 Å². The second kappa shape index (κ2) is 6.49. The molecule has 1 atom stereocenters. The SMILES string of the molecule is Cc1nnc(NC(=O)CN2C(=O)[C@H]3CCCN3C(=O)c3ccccc32)s1. The van der Waals surface area contributed by atoms with E-state index in [1.165, 1.54) is 16.2 Å². The molecule has 9 heteroatoms. The van der Waals surface area contributed by atoms with Crippen LogP contribution in [0.2, 0.25) is 0 Å². The predicted octanol–water partition coefficient (Wildman–Crippen LogP) is 1.44. The highest BCUT2D eigenvalue weighted by atomic mass is 32.1. The molecule has 3 amide bonds. The van der Waals surface area contributed by atoms with Gasteiger partial charge in [0.05, 0.1) is 11.3 Å². The van der Waals surface area contributed by atoms with E-state index in [1.807, 2.05) is 0 Å². The van der Waals surface area contributed by atoms with Gasteiger partial charge in [-0.15, -0.1) is 10.2 Å². The average molecular weight is 371 g/mol. The quantitative estimate of drug-likeness (QED) is 0.881. The molecule has 0 spiro atoms. The van der Waals surface area contributed by atoms with Crippen molar-refractivity contribution in [2.75, 3.05) is 23.3 Å². The number of nitrogens with one attached hydrogen (secondary N) is 1. The van der Waals surface area contributed by atoms with Gasteiger partial charge in [-0.05, 0) is 31.9 Å². The molecule has 1 saturated heterocycles. The number of hydrogen-bond acceptors (Lipinski definition) is 6. The molecular formula is C17H17N5O3S. The number of carbonyl (C=O) groups is 3. The zero-order chi connectivity index (χ0) is 18.3. The van der Waals surface area contributed by atoms with Crippen molar-refractivity contribution in [3.05, 3.63) is 34.8 Å². The number of rotatable bonds is 3. The van der Waals surface area contributed by atoms with Gasteiger partial charge in [0.2, 0.25) is 16.9 Å². The summed E-state index contributed by atoms with van der Waals surface area (Å²) in [5, 5.41) is 11.5. The first-order valence-corrected chi connectivity index (χ1v) is 9.17. The first-order chi connectivity index (χ1) is 12.5. The summed E-state index contributed by atoms with van der Waals surface area (Å²) >= 11 is 1.26. The first-order valence-electron chi connectivity index (χ1n) is 8.36. The molecule has 26 heavy (non-hydrogen) atoms. The summed E-state index contributed by atoms with van der Waals surface area (Å²) in [5.41, 5.74) is 0.922. The van der Waals surface area contributed by atoms with Crippen LogP contribution in [0.25, 0.3) is 0 Å². The van der Waals surface area contributed by atoms with Gasteiger partial charge in [-0.1, -0.05) is 23.5 Å². The van der Waals surface area contributed by atoms with Crippen molar-refractivity contribution < 1.29 is 14.4 Å². The third kappa shape index (κ3) is 2.84. The lowest BCUT2D eigenvalue weighted by molar-refractivity contribution is -0.124. The van der Waals surface area contributed by atoms with Gasteiger partial charge in [0.15, 0.2) is 0 Å². The number of anilines is 2. The minimum Gasteiger partial charge on any atom is -0.327 e. The second-order valence-electron chi connectivity index (χ2n) is 6.27. The number of nitrogens with zero attached hydrogens (tertiary/aromatic N) is 4. The van der Waals surface area contributed by atoms with E-state index in [4.69, 9.17) is 0 Å². The Morgan fingerprint density at radius 3 is 2.88 bits per heavy atom. The Balaban J connectivity index is 1.64. The van der Waals surface area contributed by atoms with Gasteiger partial charge in [-0.2, -0.15) is 0 Å². The highest BCUT2D eigenvalue weighted by Crippen LogP contribution is 2.32. The highest BCUT2D eigenvalue weighted by molar-refractivity contribution is 7.15. The number of benzene rings is 1. The summed E-state index contributed by atoms with van der Waals surface area (Å²) in [7, 11) is 0. The molecule has 0 radical (unpaired) electrons. The molecular weight excluding hydrogens is 354 g/mol. The van der Waals surface area contributed by atoms with E-state index in [2.05, 4.69) is 15.5 Å². The predicted molar refractivity (Wildman–Crippen MR) is 96.1 cm³/mol. The summed E-state index contributed by atoms with van der Waals surface area (Å²) in [5.74, 6) is -0.744. The summed E-state index contributed by atoms with van der Waals surface area (Å²) in [6.07, 6.45) is 1.40. The van der Waals surface area contributed by atoms with Crippen LogP contribution in [-0.2, 0) is 9.59 Å². The maximum Gasteiger partial charge on any atom is 0.256 e. The molecule has 0 bridgehead atoms. The van der Waals surface area contributed by atoms with Gasteiger partial charge in [-0.3, -0.25) is 19.7 Å². The van der Waals surface area contributed by atoms with Crippen molar-refractivity contribution in [1.82, 2.24) is 15.1 Å². The van der Waals surface area contributed by atoms with Crippen LogP contribution in [0.4, 0.5) is 10.8 Å². The van der Waals surface area contributed by atoms with Crippen LogP contribution in [0.15, 0.2) is 24.3 Å². The molecule has 3 heterocycles. The fourth-order valence-corrected chi connectivity index (χ4v) is 4.03. The van der Waals surface area contributed by atoms with E-state index in [9.17, 15) is 14.4 Å². The normalized spacial score (nSPS) is 19.2. The van der Waals surface area contributed by atoms with Crippen LogP contribution in [0.3, 0.4) is 0 Å². The smallest absolute Gasteiger partial charge is 0.256 e. The number of fused-ring (bicyclic) bond motifs is 2. The van der Waals surface area contributed by atoms with Crippen LogP contribution in [0.1, 0.15) is 28.2 Å². The topological polar surface area (TPSA) is 95.5 Å². The van der Waals surface area contributed by atoms with Gasteiger partial charge < -0.3 is 9.80 Å². The number of aromatic nitrogens is 2. The molecule has 1 fully saturated rings. The fourth-order valence-electron chi connectivity index (χ4n) is 3.42. The molecule has 2 aliphatic heterocycles. The number of amides is 3. The Labute approximate surface area is 153 Å². The Kier molecular flexibility index (Phi) is 4.15. The number of para-hydroxylation sites is 1. The van der Waals surface area contributed by atoms with Crippen LogP contribution < -0.4 is 10.2 Å². The molecule has 0 unspecified atom stereocenters. The highest BCUT2D eigenvalue weighted by Gasteiger charge is 2.42. The van der Waals surface area contributed by atoms with E-state index in [1.54, 1.807) is 36.1 Å². The van der Waals surface area contributed by atoms with E-state index in [-0.39, 0.29) is 24.3 Å². The summed E-state index contributed by atoms with van der Waals surface area (Å²) in [4.78, 5) is 41.4. The van der Waals surface area contributed by atoms with Crippen molar-refractivity contribution in [2.45, 2.75) is 25.8 Å². The molecule has 2 aromatic rings. The third-order valence-corrected chi connectivity index (χ3v) is 5.32. The molecule has 4 rings (SSSR count). The molecule has 134 valence electrons. The monoisotopic (exact) mass is 371 g/mol. The Morgan fingerprint density at radius 2 is 2.12 bits per heavy atom. The standard InChI is InChI=1S/C17H17N5O3S/c1-10-19-20-17(26-10)18-14(23)9-22-12-6-3-2-5-11(12)15(24)21-8-4-7-13(21)16(22)25/h2-3,5-6,13H,4,7-9H2,1H3,(H,18,20,23)/t13-/m1/s1. The van der Waals surface area contributed by atoms with Crippen molar-refractivity contribution in [1.29, 1.82) is 0 Å². The van der Waals surface area contributed by atoms with E-state index in [0.717, 1.165) is 11.4 Å². The van der Waals surface area contributed by atoms with Crippen molar-refractivity contribution >= 4 is 39.9 Å². The van der Waals surface area contributed by atoms with E-state index in [0.29, 0.717) is 29.3 Å². The maximum absolute atomic E-state index is 13.1. The number of hydrogen-bond donors (Lipinski definition) is 1. The van der Waals surface area contributed by atoms with E-state index >= 15 is 0 Å². The van der Waals surface area contributed by atoms with Crippen LogP contribution in [0, 0.1) is 6.92 Å². The Bertz CT molecular complexity index is 896. The maximum atomic E-state index is 13.1. The molecule has 0 saturated carbocycles. The van der Waals surface area contributed by atoms with Gasteiger partial charge in [-0.25, -0.2) is 0 Å². The lowest BCUT2D eigenvalue weighted by atomic mass is 10.1. The first kappa shape index (κ1) is 16.6. The lowest BCUT2D eigenvalue weighted by Crippen LogP contribution is -2.47. The summed E-state index contributed by atoms with van der Waals surface area (Å²) < 4.78 is 0. The Morgan fingerprint density at radius 1 is 1.31 bits per heavy atom. The molecule has 8 nitrogen and oxygen atoms in total. The molecule has 1 N–H and O–H groups in total. The minimum atomic E-state index is -0.508. The third-order valence-electron chi connectivity index (χ3n) is 4.56. The molecule has 1 aromatic carbocycles. The number of carbonyl (C=O) groups excluding carboxylic acids is 3. The molecule has 2 aliphatic rings. The second-order valence-corrected chi connectivity index (χ2v) is 7.45. The summed E-state index contributed by atoms with van der Waals surface area (Å²) in [6.45, 7) is 2.18. The fraction of sp³-hybridized carbons (Fsp3) is 0.353. The van der Waals surface area contributed by atoms with Crippen LogP contribution >= 0.6 is 11.3 Å². The van der Waals surface area contributed by atoms with Crippen LogP contribution in [0.5, 0.6) is 0 Å². The number of aryl methyl sites for hydroxylation is 1. The molecule has 0 aliphatic carbocycles.